The van der Waals surface area contributed by atoms with Crippen molar-refractivity contribution in [3.05, 3.63) is 42.2 Å². The van der Waals surface area contributed by atoms with Crippen molar-refractivity contribution in [3.8, 4) is 0 Å². The normalized spacial score (nSPS) is 10.5. The highest BCUT2D eigenvalue weighted by atomic mass is 32.2. The molecule has 0 atom stereocenters. The van der Waals surface area contributed by atoms with Crippen LogP contribution in [-0.4, -0.2) is 28.8 Å². The number of carbonyl (C=O) groups excluding carboxylic acids is 1. The Labute approximate surface area is 109 Å². The van der Waals surface area contributed by atoms with E-state index in [1.54, 1.807) is 24.3 Å². The molecule has 1 amide bonds. The Kier molecular flexibility index (Phi) is 4.46. The first-order valence-corrected chi connectivity index (χ1v) is 6.64. The van der Waals surface area contributed by atoms with E-state index in [2.05, 4.69) is 5.16 Å². The van der Waals surface area contributed by atoms with Gasteiger partial charge in [-0.05, 0) is 12.1 Å². The van der Waals surface area contributed by atoms with Gasteiger partial charge < -0.3 is 13.8 Å². The van der Waals surface area contributed by atoms with E-state index in [1.807, 2.05) is 12.1 Å². The molecule has 0 saturated carbocycles. The minimum Gasteiger partial charge on any atom is -0.467 e. The van der Waals surface area contributed by atoms with Crippen LogP contribution in [0.4, 0.5) is 0 Å². The lowest BCUT2D eigenvalue weighted by Crippen LogP contribution is -2.27. The largest absolute Gasteiger partial charge is 0.467 e. The van der Waals surface area contributed by atoms with Crippen LogP contribution in [0.3, 0.4) is 0 Å². The monoisotopic (exact) mass is 266 g/mol. The molecule has 0 aliphatic rings. The van der Waals surface area contributed by atoms with Crippen LogP contribution < -0.4 is 0 Å². The van der Waals surface area contributed by atoms with Crippen molar-refractivity contribution in [2.24, 2.45) is 0 Å². The Balaban J connectivity index is 1.70. The van der Waals surface area contributed by atoms with Gasteiger partial charge in [-0.1, -0.05) is 5.16 Å². The molecule has 5 nitrogen and oxygen atoms in total. The van der Waals surface area contributed by atoms with E-state index in [1.165, 1.54) is 18.0 Å². The second-order valence-corrected chi connectivity index (χ2v) is 4.80. The highest BCUT2D eigenvalue weighted by Crippen LogP contribution is 2.11. The van der Waals surface area contributed by atoms with Crippen molar-refractivity contribution >= 4 is 17.7 Å². The van der Waals surface area contributed by atoms with E-state index in [4.69, 9.17) is 8.94 Å². The van der Waals surface area contributed by atoms with Gasteiger partial charge in [-0.3, -0.25) is 4.79 Å². The molecule has 2 aromatic rings. The molecule has 0 radical (unpaired) electrons. The van der Waals surface area contributed by atoms with Crippen LogP contribution in [-0.2, 0) is 17.1 Å². The van der Waals surface area contributed by atoms with Gasteiger partial charge >= 0.3 is 0 Å². The first-order valence-electron chi connectivity index (χ1n) is 5.49. The number of thioether (sulfide) groups is 1. The van der Waals surface area contributed by atoms with Crippen LogP contribution in [0.15, 0.2) is 39.7 Å². The minimum atomic E-state index is 0.0693. The van der Waals surface area contributed by atoms with Gasteiger partial charge in [0, 0.05) is 18.9 Å². The van der Waals surface area contributed by atoms with E-state index in [0.29, 0.717) is 18.1 Å². The molecule has 0 N–H and O–H groups in total. The van der Waals surface area contributed by atoms with Gasteiger partial charge in [0.05, 0.1) is 24.3 Å². The lowest BCUT2D eigenvalue weighted by Gasteiger charge is -2.15. The number of hydrogen-bond donors (Lipinski definition) is 0. The van der Waals surface area contributed by atoms with Crippen molar-refractivity contribution < 1.29 is 13.7 Å². The third kappa shape index (κ3) is 3.66. The van der Waals surface area contributed by atoms with Crippen molar-refractivity contribution in [1.29, 1.82) is 0 Å². The van der Waals surface area contributed by atoms with Crippen LogP contribution >= 0.6 is 11.8 Å². The summed E-state index contributed by atoms with van der Waals surface area (Å²) in [6.07, 6.45) is 3.13. The smallest absolute Gasteiger partial charge is 0.232 e. The van der Waals surface area contributed by atoms with E-state index in [9.17, 15) is 4.79 Å². The second kappa shape index (κ2) is 6.30. The summed E-state index contributed by atoms with van der Waals surface area (Å²) in [5.74, 6) is 1.95. The Morgan fingerprint density at radius 3 is 3.00 bits per heavy atom. The molecule has 0 fully saturated rings. The highest BCUT2D eigenvalue weighted by Gasteiger charge is 2.10. The fourth-order valence-electron chi connectivity index (χ4n) is 1.39. The molecule has 0 aliphatic heterocycles. The molecule has 0 bridgehead atoms. The van der Waals surface area contributed by atoms with Gasteiger partial charge in [-0.15, -0.1) is 11.8 Å². The molecule has 0 unspecified atom stereocenters. The molecule has 0 saturated heterocycles. The quantitative estimate of drug-likeness (QED) is 0.802. The lowest BCUT2D eigenvalue weighted by molar-refractivity contribution is -0.127. The summed E-state index contributed by atoms with van der Waals surface area (Å²) in [5.41, 5.74) is 0.849. The van der Waals surface area contributed by atoms with Crippen LogP contribution in [0.5, 0.6) is 0 Å². The number of aromatic nitrogens is 1. The summed E-state index contributed by atoms with van der Waals surface area (Å²) in [4.78, 5) is 13.5. The van der Waals surface area contributed by atoms with Crippen LogP contribution in [0.1, 0.15) is 11.5 Å². The van der Waals surface area contributed by atoms with Gasteiger partial charge in [0.25, 0.3) is 0 Å². The third-order valence-electron chi connectivity index (χ3n) is 2.37. The number of carbonyl (C=O) groups is 1. The third-order valence-corrected chi connectivity index (χ3v) is 3.32. The van der Waals surface area contributed by atoms with Crippen LogP contribution in [0.25, 0.3) is 0 Å². The van der Waals surface area contributed by atoms with Gasteiger partial charge in [0.1, 0.15) is 12.0 Å². The Hall–Kier alpha value is -1.69. The topological polar surface area (TPSA) is 59.5 Å². The molecule has 18 heavy (non-hydrogen) atoms. The summed E-state index contributed by atoms with van der Waals surface area (Å²) in [7, 11) is 1.77. The average molecular weight is 266 g/mol. The molecular formula is C12H14N2O3S. The molecule has 6 heteroatoms. The maximum Gasteiger partial charge on any atom is 0.232 e. The zero-order valence-corrected chi connectivity index (χ0v) is 10.9. The summed E-state index contributed by atoms with van der Waals surface area (Å²) in [6, 6.07) is 5.46. The Morgan fingerprint density at radius 2 is 2.33 bits per heavy atom. The molecule has 2 rings (SSSR count). The maximum atomic E-state index is 11.8. The number of amides is 1. The van der Waals surface area contributed by atoms with E-state index >= 15 is 0 Å². The molecule has 2 aromatic heterocycles. The molecule has 0 spiro atoms. The zero-order chi connectivity index (χ0) is 12.8. The van der Waals surface area contributed by atoms with Gasteiger partial charge in [-0.2, -0.15) is 0 Å². The Morgan fingerprint density at radius 1 is 1.44 bits per heavy atom. The van der Waals surface area contributed by atoms with Gasteiger partial charge in [-0.25, -0.2) is 0 Å². The predicted molar refractivity (Wildman–Crippen MR) is 67.8 cm³/mol. The summed E-state index contributed by atoms with van der Waals surface area (Å²) in [5, 5.41) is 3.78. The Bertz CT molecular complexity index is 467. The SMILES string of the molecule is CN(Cc1ccco1)C(=O)CSCc1ccon1. The number of rotatable bonds is 6. The fourth-order valence-corrected chi connectivity index (χ4v) is 2.24. The first kappa shape index (κ1) is 12.8. The molecule has 2 heterocycles. The van der Waals surface area contributed by atoms with Crippen molar-refractivity contribution in [3.63, 3.8) is 0 Å². The van der Waals surface area contributed by atoms with E-state index in [-0.39, 0.29) is 5.91 Å². The van der Waals surface area contributed by atoms with Crippen LogP contribution in [0, 0.1) is 0 Å². The number of furan rings is 1. The lowest BCUT2D eigenvalue weighted by atomic mass is 10.4. The minimum absolute atomic E-state index is 0.0693. The average Bonchev–Trinajstić information content (AvgIpc) is 3.01. The summed E-state index contributed by atoms with van der Waals surface area (Å²) in [6.45, 7) is 0.496. The van der Waals surface area contributed by atoms with E-state index < -0.39 is 0 Å². The van der Waals surface area contributed by atoms with Crippen LogP contribution in [0.2, 0.25) is 0 Å². The fraction of sp³-hybridized carbons (Fsp3) is 0.333. The first-order chi connectivity index (χ1) is 8.75. The second-order valence-electron chi connectivity index (χ2n) is 3.81. The standard InChI is InChI=1S/C12H14N2O3S/c1-14(7-11-3-2-5-16-11)12(15)9-18-8-10-4-6-17-13-10/h2-6H,7-9H2,1H3. The van der Waals surface area contributed by atoms with Crippen molar-refractivity contribution in [2.75, 3.05) is 12.8 Å². The molecular weight excluding hydrogens is 252 g/mol. The molecule has 0 aliphatic carbocycles. The number of hydrogen-bond acceptors (Lipinski definition) is 5. The maximum absolute atomic E-state index is 11.8. The van der Waals surface area contributed by atoms with Crippen molar-refractivity contribution in [1.82, 2.24) is 10.1 Å². The molecule has 0 aromatic carbocycles. The zero-order valence-electron chi connectivity index (χ0n) is 10.0. The highest BCUT2D eigenvalue weighted by molar-refractivity contribution is 7.99. The van der Waals surface area contributed by atoms with Gasteiger partial charge in [0.2, 0.25) is 5.91 Å². The summed E-state index contributed by atoms with van der Waals surface area (Å²) < 4.78 is 9.91. The van der Waals surface area contributed by atoms with Crippen molar-refractivity contribution in [2.45, 2.75) is 12.3 Å². The molecule has 96 valence electrons. The van der Waals surface area contributed by atoms with E-state index in [0.717, 1.165) is 11.5 Å². The van der Waals surface area contributed by atoms with Gasteiger partial charge in [0.15, 0.2) is 0 Å². The summed E-state index contributed by atoms with van der Waals surface area (Å²) >= 11 is 1.52. The number of nitrogens with zero attached hydrogens (tertiary/aromatic N) is 2. The predicted octanol–water partition coefficient (Wildman–Crippen LogP) is 2.16.